The van der Waals surface area contributed by atoms with Gasteiger partial charge in [-0.2, -0.15) is 0 Å². The number of pyridine rings is 1. The minimum Gasteiger partial charge on any atom is -0.447 e. The van der Waals surface area contributed by atoms with E-state index in [0.29, 0.717) is 12.1 Å². The lowest BCUT2D eigenvalue weighted by molar-refractivity contribution is 0.172. The molecule has 0 aromatic carbocycles. The second-order valence-corrected chi connectivity index (χ2v) is 7.76. The number of oxazole rings is 1. The quantitative estimate of drug-likeness (QED) is 0.856. The smallest absolute Gasteiger partial charge is 0.181 e. The number of aromatic nitrogens is 2. The summed E-state index contributed by atoms with van der Waals surface area (Å²) in [6.45, 7) is 10.9. The average molecular weight is 340 g/mol. The zero-order chi connectivity index (χ0) is 17.4. The topological polar surface area (TPSA) is 45.4 Å². The van der Waals surface area contributed by atoms with Gasteiger partial charge in [-0.15, -0.1) is 0 Å². The fraction of sp³-hybridized carbons (Fsp3) is 0.600. The summed E-state index contributed by atoms with van der Waals surface area (Å²) < 4.78 is 5.52. The second-order valence-electron chi connectivity index (χ2n) is 7.76. The van der Waals surface area contributed by atoms with E-state index >= 15 is 0 Å². The lowest BCUT2D eigenvalue weighted by Crippen LogP contribution is -2.39. The lowest BCUT2D eigenvalue weighted by atomic mass is 9.98. The van der Waals surface area contributed by atoms with Gasteiger partial charge in [0.1, 0.15) is 5.76 Å². The minimum absolute atomic E-state index is 0.480. The summed E-state index contributed by atoms with van der Waals surface area (Å²) in [5, 5.41) is 0. The molecule has 0 saturated carbocycles. The number of nitrogens with zero attached hydrogens (tertiary/aromatic N) is 4. The van der Waals surface area contributed by atoms with Crippen molar-refractivity contribution in [3.63, 3.8) is 0 Å². The lowest BCUT2D eigenvalue weighted by Gasteiger charge is -2.32. The highest BCUT2D eigenvalue weighted by Crippen LogP contribution is 2.23. The van der Waals surface area contributed by atoms with E-state index in [4.69, 9.17) is 9.40 Å². The molecule has 0 amide bonds. The van der Waals surface area contributed by atoms with E-state index in [2.05, 4.69) is 47.8 Å². The molecule has 2 aromatic heterocycles. The fourth-order valence-electron chi connectivity index (χ4n) is 4.02. The van der Waals surface area contributed by atoms with Crippen molar-refractivity contribution in [2.45, 2.75) is 65.2 Å². The van der Waals surface area contributed by atoms with Crippen molar-refractivity contribution in [3.05, 3.63) is 46.9 Å². The zero-order valence-electron chi connectivity index (χ0n) is 15.5. The van der Waals surface area contributed by atoms with Gasteiger partial charge in [0.25, 0.3) is 0 Å². The third kappa shape index (κ3) is 3.48. The third-order valence-electron chi connectivity index (χ3n) is 5.73. The molecule has 2 aromatic rings. The molecule has 0 bridgehead atoms. The van der Waals surface area contributed by atoms with Crippen LogP contribution in [0.15, 0.2) is 23.1 Å². The molecule has 0 aliphatic carbocycles. The van der Waals surface area contributed by atoms with Crippen LogP contribution in [-0.4, -0.2) is 44.9 Å². The Bertz CT molecular complexity index is 739. The first-order valence-electron chi connectivity index (χ1n) is 9.46. The van der Waals surface area contributed by atoms with Gasteiger partial charge in [0.2, 0.25) is 0 Å². The van der Waals surface area contributed by atoms with E-state index in [1.165, 1.54) is 16.8 Å². The van der Waals surface area contributed by atoms with Crippen molar-refractivity contribution < 1.29 is 4.42 Å². The van der Waals surface area contributed by atoms with Gasteiger partial charge in [-0.1, -0.05) is 6.07 Å². The first-order chi connectivity index (χ1) is 12.1. The molecule has 0 saturated heterocycles. The molecule has 2 aliphatic rings. The molecule has 5 heteroatoms. The normalized spacial score (nSPS) is 19.7. The molecule has 25 heavy (non-hydrogen) atoms. The predicted molar refractivity (Wildman–Crippen MR) is 97.3 cm³/mol. The minimum atomic E-state index is 0.480. The van der Waals surface area contributed by atoms with Crippen LogP contribution in [0.4, 0.5) is 0 Å². The van der Waals surface area contributed by atoms with Crippen molar-refractivity contribution in [2.75, 3.05) is 13.1 Å². The summed E-state index contributed by atoms with van der Waals surface area (Å²) in [6, 6.07) is 3.46. The first kappa shape index (κ1) is 16.7. The van der Waals surface area contributed by atoms with E-state index in [-0.39, 0.29) is 0 Å². The Morgan fingerprint density at radius 2 is 1.88 bits per heavy atom. The van der Waals surface area contributed by atoms with E-state index in [0.717, 1.165) is 56.9 Å². The zero-order valence-corrected chi connectivity index (χ0v) is 15.5. The Kier molecular flexibility index (Phi) is 4.61. The average Bonchev–Trinajstić information content (AvgIpc) is 3.08. The number of rotatable bonds is 4. The Morgan fingerprint density at radius 3 is 2.72 bits per heavy atom. The largest absolute Gasteiger partial charge is 0.447 e. The van der Waals surface area contributed by atoms with Gasteiger partial charge < -0.3 is 4.42 Å². The molecule has 2 aliphatic heterocycles. The molecule has 1 unspecified atom stereocenters. The molecular formula is C20H28N4O. The van der Waals surface area contributed by atoms with Gasteiger partial charge in [0.05, 0.1) is 17.9 Å². The Morgan fingerprint density at radius 1 is 1.04 bits per heavy atom. The Hall–Kier alpha value is -1.72. The highest BCUT2D eigenvalue weighted by Gasteiger charge is 2.25. The SMILES string of the molecule is CC(C)N1CCc2cc(CC(C)N3CCc4ncoc4C3)cnc2C1. The molecule has 1 atom stereocenters. The molecular weight excluding hydrogens is 312 g/mol. The van der Waals surface area contributed by atoms with E-state index in [1.807, 2.05) is 0 Å². The standard InChI is InChI=1S/C20H28N4O/c1-14(2)23-6-4-17-9-16(10-21-19(17)11-23)8-15(3)24-7-5-18-20(12-24)25-13-22-18/h9-10,13-15H,4-8,11-12H2,1-3H3. The maximum absolute atomic E-state index is 5.52. The molecule has 4 rings (SSSR count). The predicted octanol–water partition coefficient (Wildman–Crippen LogP) is 2.83. The summed E-state index contributed by atoms with van der Waals surface area (Å²) in [5.41, 5.74) is 5.19. The maximum atomic E-state index is 5.52. The van der Waals surface area contributed by atoms with Gasteiger partial charge >= 0.3 is 0 Å². The monoisotopic (exact) mass is 340 g/mol. The summed E-state index contributed by atoms with van der Waals surface area (Å²) in [7, 11) is 0. The van der Waals surface area contributed by atoms with Crippen molar-refractivity contribution in [3.8, 4) is 0 Å². The van der Waals surface area contributed by atoms with Crippen LogP contribution in [0, 0.1) is 0 Å². The summed E-state index contributed by atoms with van der Waals surface area (Å²) in [4.78, 5) is 14.1. The van der Waals surface area contributed by atoms with Crippen LogP contribution < -0.4 is 0 Å². The highest BCUT2D eigenvalue weighted by atomic mass is 16.3. The van der Waals surface area contributed by atoms with Gasteiger partial charge in [-0.05, 0) is 44.7 Å². The van der Waals surface area contributed by atoms with Gasteiger partial charge in [0.15, 0.2) is 6.39 Å². The molecule has 0 spiro atoms. The second kappa shape index (κ2) is 6.89. The van der Waals surface area contributed by atoms with Crippen LogP contribution in [0.1, 0.15) is 49.0 Å². The van der Waals surface area contributed by atoms with Gasteiger partial charge in [0, 0.05) is 44.3 Å². The van der Waals surface area contributed by atoms with Crippen molar-refractivity contribution in [2.24, 2.45) is 0 Å². The van der Waals surface area contributed by atoms with Crippen LogP contribution >= 0.6 is 0 Å². The highest BCUT2D eigenvalue weighted by molar-refractivity contribution is 5.28. The van der Waals surface area contributed by atoms with Crippen LogP contribution in [0.25, 0.3) is 0 Å². The molecule has 5 nitrogen and oxygen atoms in total. The van der Waals surface area contributed by atoms with Crippen molar-refractivity contribution >= 4 is 0 Å². The Labute approximate surface area is 150 Å². The summed E-state index contributed by atoms with van der Waals surface area (Å²) in [6.07, 6.45) is 6.81. The summed E-state index contributed by atoms with van der Waals surface area (Å²) in [5.74, 6) is 1.04. The molecule has 134 valence electrons. The number of hydrogen-bond acceptors (Lipinski definition) is 5. The summed E-state index contributed by atoms with van der Waals surface area (Å²) >= 11 is 0. The van der Waals surface area contributed by atoms with E-state index in [1.54, 1.807) is 6.39 Å². The first-order valence-corrected chi connectivity index (χ1v) is 9.46. The van der Waals surface area contributed by atoms with E-state index < -0.39 is 0 Å². The third-order valence-corrected chi connectivity index (χ3v) is 5.73. The molecule has 0 fully saturated rings. The van der Waals surface area contributed by atoms with Crippen molar-refractivity contribution in [1.29, 1.82) is 0 Å². The van der Waals surface area contributed by atoms with Crippen LogP contribution in [-0.2, 0) is 32.4 Å². The van der Waals surface area contributed by atoms with Crippen LogP contribution in [0.3, 0.4) is 0 Å². The van der Waals surface area contributed by atoms with Crippen LogP contribution in [0.5, 0.6) is 0 Å². The van der Waals surface area contributed by atoms with Gasteiger partial charge in [-0.3, -0.25) is 14.8 Å². The van der Waals surface area contributed by atoms with Crippen molar-refractivity contribution in [1.82, 2.24) is 19.8 Å². The molecule has 0 N–H and O–H groups in total. The molecule has 4 heterocycles. The van der Waals surface area contributed by atoms with Crippen LogP contribution in [0.2, 0.25) is 0 Å². The Balaban J connectivity index is 1.42. The molecule has 0 radical (unpaired) electrons. The number of fused-ring (bicyclic) bond motifs is 2. The van der Waals surface area contributed by atoms with E-state index in [9.17, 15) is 0 Å². The van der Waals surface area contributed by atoms with Gasteiger partial charge in [-0.25, -0.2) is 4.98 Å². The maximum Gasteiger partial charge on any atom is 0.181 e. The fourth-order valence-corrected chi connectivity index (χ4v) is 4.02. The number of hydrogen-bond donors (Lipinski definition) is 0.